The van der Waals surface area contributed by atoms with Crippen LogP contribution < -0.4 is 5.32 Å². The Morgan fingerprint density at radius 1 is 1.24 bits per heavy atom. The summed E-state index contributed by atoms with van der Waals surface area (Å²) < 4.78 is 22.7. The summed E-state index contributed by atoms with van der Waals surface area (Å²) in [7, 11) is -2.91. The van der Waals surface area contributed by atoms with E-state index in [9.17, 15) is 18.0 Å². The topological polar surface area (TPSA) is 101 Å². The lowest BCUT2D eigenvalue weighted by Crippen LogP contribution is -2.40. The van der Waals surface area contributed by atoms with Crippen LogP contribution in [0.4, 0.5) is 0 Å². The first kappa shape index (κ1) is 16.6. The molecule has 0 spiro atoms. The van der Waals surface area contributed by atoms with E-state index in [1.54, 1.807) is 0 Å². The van der Waals surface area contributed by atoms with Gasteiger partial charge in [-0.15, -0.1) is 11.8 Å². The van der Waals surface area contributed by atoms with Crippen LogP contribution in [-0.4, -0.2) is 54.0 Å². The monoisotopic (exact) mass is 335 g/mol. The summed E-state index contributed by atoms with van der Waals surface area (Å²) in [6, 6.07) is -0.0692. The number of hydrogen-bond donors (Lipinski definition) is 2. The molecule has 2 N–H and O–H groups in total. The standard InChI is InChI=1S/C13H21NO5S2/c15-12(7-20-11-4-5-21(18,19)8-11)14-10-3-1-2-9(6-10)13(16)17/h9-11H,1-8H2,(H,14,15)(H,16,17). The average Bonchev–Trinajstić information content (AvgIpc) is 2.76. The Morgan fingerprint density at radius 3 is 2.62 bits per heavy atom. The van der Waals surface area contributed by atoms with Crippen molar-refractivity contribution in [1.29, 1.82) is 0 Å². The molecule has 1 saturated heterocycles. The zero-order valence-corrected chi connectivity index (χ0v) is 13.4. The van der Waals surface area contributed by atoms with Crippen LogP contribution in [0, 0.1) is 5.92 Å². The Balaban J connectivity index is 1.71. The van der Waals surface area contributed by atoms with Crippen molar-refractivity contribution in [2.75, 3.05) is 17.3 Å². The van der Waals surface area contributed by atoms with Gasteiger partial charge in [0, 0.05) is 11.3 Å². The van der Waals surface area contributed by atoms with Crippen LogP contribution in [0.5, 0.6) is 0 Å². The van der Waals surface area contributed by atoms with Crippen molar-refractivity contribution in [1.82, 2.24) is 5.32 Å². The molecule has 0 aromatic heterocycles. The summed E-state index contributed by atoms with van der Waals surface area (Å²) in [5, 5.41) is 11.9. The molecule has 3 unspecified atom stereocenters. The fourth-order valence-corrected chi connectivity index (χ4v) is 6.35. The van der Waals surface area contributed by atoms with Gasteiger partial charge in [0.05, 0.1) is 23.2 Å². The summed E-state index contributed by atoms with van der Waals surface area (Å²) in [4.78, 5) is 22.8. The zero-order chi connectivity index (χ0) is 15.5. The van der Waals surface area contributed by atoms with Gasteiger partial charge in [0.25, 0.3) is 0 Å². The number of carbonyl (C=O) groups excluding carboxylic acids is 1. The Kier molecular flexibility index (Phi) is 5.54. The van der Waals surface area contributed by atoms with Gasteiger partial charge in [-0.05, 0) is 25.7 Å². The van der Waals surface area contributed by atoms with Gasteiger partial charge in [-0.2, -0.15) is 0 Å². The maximum Gasteiger partial charge on any atom is 0.306 e. The van der Waals surface area contributed by atoms with Gasteiger partial charge in [0.1, 0.15) is 0 Å². The first-order chi connectivity index (χ1) is 9.85. The van der Waals surface area contributed by atoms with Crippen LogP contribution in [-0.2, 0) is 19.4 Å². The van der Waals surface area contributed by atoms with Crippen LogP contribution in [0.2, 0.25) is 0 Å². The van der Waals surface area contributed by atoms with Gasteiger partial charge in [0.15, 0.2) is 9.84 Å². The van der Waals surface area contributed by atoms with Gasteiger partial charge in [0.2, 0.25) is 5.91 Å². The quantitative estimate of drug-likeness (QED) is 0.766. The minimum absolute atomic E-state index is 0.0128. The number of rotatable bonds is 5. The highest BCUT2D eigenvalue weighted by Gasteiger charge is 2.30. The minimum Gasteiger partial charge on any atom is -0.481 e. The molecule has 1 saturated carbocycles. The third-order valence-corrected chi connectivity index (χ3v) is 7.31. The number of nitrogens with one attached hydrogen (secondary N) is 1. The van der Waals surface area contributed by atoms with E-state index in [4.69, 9.17) is 5.11 Å². The molecular formula is C13H21NO5S2. The Labute approximate surface area is 129 Å². The van der Waals surface area contributed by atoms with E-state index >= 15 is 0 Å². The predicted molar refractivity (Wildman–Crippen MR) is 81.0 cm³/mol. The summed E-state index contributed by atoms with van der Waals surface area (Å²) >= 11 is 1.38. The maximum atomic E-state index is 11.9. The number of aliphatic carboxylic acids is 1. The fraction of sp³-hybridized carbons (Fsp3) is 0.846. The summed E-state index contributed by atoms with van der Waals surface area (Å²) in [6.07, 6.45) is 3.42. The second-order valence-electron chi connectivity index (χ2n) is 5.80. The summed E-state index contributed by atoms with van der Waals surface area (Å²) in [5.41, 5.74) is 0. The molecule has 21 heavy (non-hydrogen) atoms. The highest BCUT2D eigenvalue weighted by atomic mass is 32.2. The van der Waals surface area contributed by atoms with Gasteiger partial charge in [-0.1, -0.05) is 6.42 Å². The molecule has 3 atom stereocenters. The number of hydrogen-bond acceptors (Lipinski definition) is 5. The number of carboxylic acid groups (broad SMARTS) is 1. The molecule has 0 radical (unpaired) electrons. The Morgan fingerprint density at radius 2 is 2.00 bits per heavy atom. The van der Waals surface area contributed by atoms with E-state index in [1.807, 2.05) is 0 Å². The van der Waals surface area contributed by atoms with Crippen LogP contribution in [0.15, 0.2) is 0 Å². The van der Waals surface area contributed by atoms with Gasteiger partial charge in [-0.3, -0.25) is 9.59 Å². The van der Waals surface area contributed by atoms with E-state index in [0.29, 0.717) is 19.3 Å². The molecule has 6 nitrogen and oxygen atoms in total. The van der Waals surface area contributed by atoms with Crippen LogP contribution in [0.1, 0.15) is 32.1 Å². The normalized spacial score (nSPS) is 31.7. The number of sulfone groups is 1. The maximum absolute atomic E-state index is 11.9. The van der Waals surface area contributed by atoms with E-state index < -0.39 is 15.8 Å². The molecule has 8 heteroatoms. The summed E-state index contributed by atoms with van der Waals surface area (Å²) in [5.74, 6) is -0.657. The van der Waals surface area contributed by atoms with E-state index in [-0.39, 0.29) is 40.4 Å². The highest BCUT2D eigenvalue weighted by Crippen LogP contribution is 2.26. The van der Waals surface area contributed by atoms with E-state index in [0.717, 1.165) is 12.8 Å². The van der Waals surface area contributed by atoms with Crippen molar-refractivity contribution in [3.63, 3.8) is 0 Å². The van der Waals surface area contributed by atoms with Gasteiger partial charge >= 0.3 is 5.97 Å². The average molecular weight is 335 g/mol. The number of thioether (sulfide) groups is 1. The Hall–Kier alpha value is -0.760. The van der Waals surface area contributed by atoms with Gasteiger partial charge < -0.3 is 10.4 Å². The van der Waals surface area contributed by atoms with E-state index in [1.165, 1.54) is 11.8 Å². The summed E-state index contributed by atoms with van der Waals surface area (Å²) in [6.45, 7) is 0. The predicted octanol–water partition coefficient (Wildman–Crippen LogP) is 0.666. The molecule has 2 rings (SSSR count). The smallest absolute Gasteiger partial charge is 0.306 e. The van der Waals surface area contributed by atoms with Crippen LogP contribution in [0.3, 0.4) is 0 Å². The lowest BCUT2D eigenvalue weighted by atomic mass is 9.86. The van der Waals surface area contributed by atoms with Crippen molar-refractivity contribution < 1.29 is 23.1 Å². The second-order valence-corrected chi connectivity index (χ2v) is 9.32. The largest absolute Gasteiger partial charge is 0.481 e. The molecule has 0 aromatic rings. The molecule has 2 aliphatic rings. The van der Waals surface area contributed by atoms with Crippen molar-refractivity contribution in [3.8, 4) is 0 Å². The fourth-order valence-electron chi connectivity index (χ4n) is 2.90. The molecule has 2 fully saturated rings. The molecule has 0 aromatic carbocycles. The van der Waals surface area contributed by atoms with Crippen molar-refractivity contribution in [2.45, 2.75) is 43.4 Å². The van der Waals surface area contributed by atoms with Crippen molar-refractivity contribution in [2.24, 2.45) is 5.92 Å². The zero-order valence-electron chi connectivity index (χ0n) is 11.8. The van der Waals surface area contributed by atoms with Crippen LogP contribution in [0.25, 0.3) is 0 Å². The second kappa shape index (κ2) is 7.00. The van der Waals surface area contributed by atoms with Crippen LogP contribution >= 0.6 is 11.8 Å². The highest BCUT2D eigenvalue weighted by molar-refractivity contribution is 8.02. The van der Waals surface area contributed by atoms with Gasteiger partial charge in [-0.25, -0.2) is 8.42 Å². The van der Waals surface area contributed by atoms with Crippen molar-refractivity contribution >= 4 is 33.5 Å². The number of amides is 1. The minimum atomic E-state index is -2.91. The first-order valence-corrected chi connectivity index (χ1v) is 10.1. The number of carboxylic acids is 1. The third kappa shape index (κ3) is 5.18. The van der Waals surface area contributed by atoms with E-state index in [2.05, 4.69) is 5.32 Å². The molecule has 0 bridgehead atoms. The number of carbonyl (C=O) groups is 2. The molecular weight excluding hydrogens is 314 g/mol. The lowest BCUT2D eigenvalue weighted by molar-refractivity contribution is -0.143. The molecule has 120 valence electrons. The molecule has 1 aliphatic heterocycles. The first-order valence-electron chi connectivity index (χ1n) is 7.20. The molecule has 1 heterocycles. The molecule has 1 aliphatic carbocycles. The molecule has 1 amide bonds. The lowest BCUT2D eigenvalue weighted by Gasteiger charge is -2.27. The third-order valence-electron chi connectivity index (χ3n) is 4.03. The SMILES string of the molecule is O=C(CSC1CCS(=O)(=O)C1)NC1CCCC(C(=O)O)C1. The Bertz CT molecular complexity index is 505. The van der Waals surface area contributed by atoms with Crippen molar-refractivity contribution in [3.05, 3.63) is 0 Å².